The third-order valence-electron chi connectivity index (χ3n) is 10.7. The number of esters is 1. The van der Waals surface area contributed by atoms with E-state index in [1.165, 1.54) is 4.90 Å². The highest BCUT2D eigenvalue weighted by Crippen LogP contribution is 2.62. The van der Waals surface area contributed by atoms with Crippen LogP contribution in [0, 0.1) is 11.8 Å². The second-order valence-corrected chi connectivity index (χ2v) is 15.9. The molecule has 1 unspecified atom stereocenters. The number of benzene rings is 2. The lowest BCUT2D eigenvalue weighted by molar-refractivity contribution is -0.165. The summed E-state index contributed by atoms with van der Waals surface area (Å²) >= 11 is 3.75. The van der Waals surface area contributed by atoms with Crippen LogP contribution in [-0.2, 0) is 28.7 Å². The third-order valence-corrected chi connectivity index (χ3v) is 11.5. The first kappa shape index (κ1) is 38.4. The van der Waals surface area contributed by atoms with Gasteiger partial charge in [0, 0.05) is 30.4 Å². The zero-order chi connectivity index (χ0) is 37.2. The van der Waals surface area contributed by atoms with Crippen molar-refractivity contribution in [3.05, 3.63) is 97.1 Å². The van der Waals surface area contributed by atoms with Gasteiger partial charge in [-0.05, 0) is 51.7 Å². The number of likely N-dealkylation sites (N-methyl/N-ethyl adjacent to an activating group) is 1. The molecule has 3 fully saturated rings. The number of allylic oxidation sites excluding steroid dienone is 1. The second-order valence-electron chi connectivity index (χ2n) is 14.8. The highest BCUT2D eigenvalue weighted by Gasteiger charge is 2.78. The predicted octanol–water partition coefficient (Wildman–Crippen LogP) is 5.38. The molecule has 1 spiro atoms. The largest absolute Gasteiger partial charge is 0.455 e. The van der Waals surface area contributed by atoms with Crippen molar-refractivity contribution >= 4 is 39.6 Å². The maximum atomic E-state index is 15.0. The number of alkyl halides is 1. The second kappa shape index (κ2) is 15.4. The van der Waals surface area contributed by atoms with E-state index in [2.05, 4.69) is 29.1 Å². The fourth-order valence-electron chi connectivity index (χ4n) is 8.08. The fourth-order valence-corrected chi connectivity index (χ4v) is 9.02. The smallest absolute Gasteiger partial charge is 0.313 e. The number of hydrogen-bond acceptors (Lipinski definition) is 7. The Morgan fingerprint density at radius 1 is 1.08 bits per heavy atom. The Hall–Kier alpha value is -3.80. The number of fused-ring (bicyclic) bond motifs is 1. The Bertz CT molecular complexity index is 1610. The molecular weight excluding hydrogens is 714 g/mol. The first-order valence-electron chi connectivity index (χ1n) is 17.6. The minimum atomic E-state index is -1.38. The molecule has 1 N–H and O–H groups in total. The van der Waals surface area contributed by atoms with Crippen molar-refractivity contribution in [2.75, 3.05) is 20.2 Å². The van der Waals surface area contributed by atoms with Crippen molar-refractivity contribution in [1.29, 1.82) is 0 Å². The summed E-state index contributed by atoms with van der Waals surface area (Å²) in [6.45, 7) is 14.9. The summed E-state index contributed by atoms with van der Waals surface area (Å²) in [7, 11) is 1.68. The van der Waals surface area contributed by atoms with Gasteiger partial charge in [0.15, 0.2) is 0 Å². The molecule has 3 amide bonds. The molecule has 0 aliphatic carbocycles. The van der Waals surface area contributed by atoms with Gasteiger partial charge >= 0.3 is 5.97 Å². The molecule has 2 bridgehead atoms. The molecular formula is C40H50BrN3O7. The first-order chi connectivity index (χ1) is 24.2. The van der Waals surface area contributed by atoms with E-state index in [0.29, 0.717) is 24.0 Å². The molecule has 51 heavy (non-hydrogen) atoms. The van der Waals surface area contributed by atoms with Crippen molar-refractivity contribution in [3.63, 3.8) is 0 Å². The zero-order valence-corrected chi connectivity index (χ0v) is 31.7. The third kappa shape index (κ3) is 7.04. The van der Waals surface area contributed by atoms with E-state index in [-0.39, 0.29) is 29.6 Å². The van der Waals surface area contributed by atoms with E-state index in [4.69, 9.17) is 9.47 Å². The number of aliphatic hydroxyl groups is 1. The molecule has 0 saturated carbocycles. The van der Waals surface area contributed by atoms with Crippen LogP contribution in [0.2, 0.25) is 0 Å². The Kier molecular flexibility index (Phi) is 11.6. The van der Waals surface area contributed by atoms with Crippen LogP contribution in [0.1, 0.15) is 70.2 Å². The van der Waals surface area contributed by atoms with Gasteiger partial charge in [-0.15, -0.1) is 13.2 Å². The standard InChI is InChI=1S/C40H50BrN3O7/c1-8-10-21-30(46)42(7)25(3)33(27-19-15-12-16-20-27)50-38(49)31-32-36(47)44(29(24-45)26-17-13-11-14-18-26)35(40(32)23-28(41)34(31)51-40)37(48)43(22-9-2)39(4,5)6/h8-9,11-20,25,28-29,31-35,45H,1-2,10,21-24H2,3-7H3/t25-,28?,29-,31-,32+,33+,34-,35-,40+/m1/s1. The molecule has 3 saturated heterocycles. The van der Waals surface area contributed by atoms with Crippen LogP contribution in [0.4, 0.5) is 0 Å². The highest BCUT2D eigenvalue weighted by atomic mass is 79.9. The summed E-state index contributed by atoms with van der Waals surface area (Å²) in [4.78, 5) is 61.9. The maximum Gasteiger partial charge on any atom is 0.313 e. The molecule has 3 heterocycles. The minimum absolute atomic E-state index is 0.121. The van der Waals surface area contributed by atoms with E-state index in [1.807, 2.05) is 88.4 Å². The van der Waals surface area contributed by atoms with Gasteiger partial charge in [0.25, 0.3) is 0 Å². The monoisotopic (exact) mass is 763 g/mol. The number of nitrogens with zero attached hydrogens (tertiary/aromatic N) is 3. The summed E-state index contributed by atoms with van der Waals surface area (Å²) in [5, 5.41) is 10.9. The van der Waals surface area contributed by atoms with Gasteiger partial charge < -0.3 is 29.3 Å². The lowest BCUT2D eigenvalue weighted by Crippen LogP contribution is -2.60. The summed E-state index contributed by atoms with van der Waals surface area (Å²) in [5.41, 5.74) is -0.681. The van der Waals surface area contributed by atoms with Crippen LogP contribution in [0.3, 0.4) is 0 Å². The van der Waals surface area contributed by atoms with E-state index in [0.717, 1.165) is 0 Å². The summed E-state index contributed by atoms with van der Waals surface area (Å²) in [6, 6.07) is 15.7. The molecule has 9 atom stereocenters. The number of halogens is 1. The van der Waals surface area contributed by atoms with Crippen molar-refractivity contribution in [2.24, 2.45) is 11.8 Å². The molecule has 0 radical (unpaired) electrons. The number of carbonyl (C=O) groups is 4. The average Bonchev–Trinajstić information content (AvgIpc) is 3.71. The van der Waals surface area contributed by atoms with Crippen LogP contribution in [-0.4, -0.2) is 97.9 Å². The van der Waals surface area contributed by atoms with E-state index in [1.54, 1.807) is 29.0 Å². The first-order valence-corrected chi connectivity index (χ1v) is 18.5. The number of aliphatic hydroxyl groups excluding tert-OH is 1. The fraction of sp³-hybridized carbons (Fsp3) is 0.500. The Balaban J connectivity index is 1.58. The molecule has 10 nitrogen and oxygen atoms in total. The van der Waals surface area contributed by atoms with Crippen LogP contribution in [0.15, 0.2) is 86.0 Å². The number of rotatable bonds is 14. The number of ether oxygens (including phenoxy) is 2. The van der Waals surface area contributed by atoms with E-state index in [9.17, 15) is 24.3 Å². The van der Waals surface area contributed by atoms with Crippen molar-refractivity contribution in [1.82, 2.24) is 14.7 Å². The van der Waals surface area contributed by atoms with Gasteiger partial charge in [0.1, 0.15) is 17.7 Å². The number of carbonyl (C=O) groups excluding carboxylic acids is 4. The van der Waals surface area contributed by atoms with E-state index < -0.39 is 71.8 Å². The molecule has 274 valence electrons. The maximum absolute atomic E-state index is 15.0. The number of likely N-dealkylation sites (tertiary alicyclic amines) is 1. The van der Waals surface area contributed by atoms with Crippen molar-refractivity contribution in [2.45, 2.75) is 93.3 Å². The Labute approximate surface area is 309 Å². The molecule has 0 aromatic heterocycles. The topological polar surface area (TPSA) is 117 Å². The van der Waals surface area contributed by atoms with Crippen LogP contribution >= 0.6 is 15.9 Å². The quantitative estimate of drug-likeness (QED) is 0.156. The predicted molar refractivity (Wildman–Crippen MR) is 197 cm³/mol. The summed E-state index contributed by atoms with van der Waals surface area (Å²) in [5.74, 6) is -3.69. The zero-order valence-electron chi connectivity index (χ0n) is 30.1. The molecule has 3 aliphatic rings. The number of hydrogen-bond donors (Lipinski definition) is 1. The van der Waals surface area contributed by atoms with Crippen LogP contribution < -0.4 is 0 Å². The van der Waals surface area contributed by atoms with Crippen LogP contribution in [0.25, 0.3) is 0 Å². The van der Waals surface area contributed by atoms with Gasteiger partial charge in [0.05, 0.1) is 36.6 Å². The van der Waals surface area contributed by atoms with E-state index >= 15 is 0 Å². The summed E-state index contributed by atoms with van der Waals surface area (Å²) in [6.07, 6.45) is 2.79. The molecule has 3 aliphatic heterocycles. The molecule has 11 heteroatoms. The lowest BCUT2D eigenvalue weighted by Gasteiger charge is -2.43. The Morgan fingerprint density at radius 2 is 1.69 bits per heavy atom. The van der Waals surface area contributed by atoms with Gasteiger partial charge in [0.2, 0.25) is 17.7 Å². The molecule has 2 aromatic rings. The minimum Gasteiger partial charge on any atom is -0.455 e. The van der Waals surface area contributed by atoms with Gasteiger partial charge in [-0.1, -0.05) is 88.7 Å². The Morgan fingerprint density at radius 3 is 2.24 bits per heavy atom. The normalized spacial score (nSPS) is 26.9. The van der Waals surface area contributed by atoms with Gasteiger partial charge in [-0.25, -0.2) is 0 Å². The average molecular weight is 765 g/mol. The lowest BCUT2D eigenvalue weighted by atomic mass is 9.70. The van der Waals surface area contributed by atoms with Crippen LogP contribution in [0.5, 0.6) is 0 Å². The summed E-state index contributed by atoms with van der Waals surface area (Å²) < 4.78 is 13.1. The van der Waals surface area contributed by atoms with Crippen molar-refractivity contribution < 1.29 is 33.8 Å². The highest BCUT2D eigenvalue weighted by molar-refractivity contribution is 9.09. The SMILES string of the molecule is C=CCCC(=O)N(C)[C@H](C)[C@H](OC(=O)[C@H]1[C@@H]2O[C@@]3(CC2Br)[C@@H]1C(=O)N([C@H](CO)c1ccccc1)[C@@H]3C(=O)N(CC=C)C(C)(C)C)c1ccccc1. The van der Waals surface area contributed by atoms with Gasteiger partial charge in [-0.3, -0.25) is 19.2 Å². The van der Waals surface area contributed by atoms with Gasteiger partial charge in [-0.2, -0.15) is 0 Å². The molecule has 2 aromatic carbocycles. The molecule has 5 rings (SSSR count). The number of amides is 3. The van der Waals surface area contributed by atoms with Crippen molar-refractivity contribution in [3.8, 4) is 0 Å².